The predicted molar refractivity (Wildman–Crippen MR) is 82.4 cm³/mol. The second-order valence-electron chi connectivity index (χ2n) is 5.21. The fourth-order valence-electron chi connectivity index (χ4n) is 2.44. The molecular formula is C14H16BrN5O2. The van der Waals surface area contributed by atoms with E-state index < -0.39 is 0 Å². The minimum absolute atomic E-state index is 0.185. The summed E-state index contributed by atoms with van der Waals surface area (Å²) in [5.74, 6) is 0.572. The minimum Gasteiger partial charge on any atom is -0.381 e. The molecule has 1 fully saturated rings. The van der Waals surface area contributed by atoms with Crippen molar-refractivity contribution in [3.8, 4) is 0 Å². The summed E-state index contributed by atoms with van der Waals surface area (Å²) in [6, 6.07) is -0.289. The number of rotatable bonds is 4. The van der Waals surface area contributed by atoms with Gasteiger partial charge in [-0.1, -0.05) is 0 Å². The number of aromatic amines is 1. The van der Waals surface area contributed by atoms with Crippen molar-refractivity contribution < 1.29 is 9.53 Å². The van der Waals surface area contributed by atoms with E-state index in [-0.39, 0.29) is 17.9 Å². The van der Waals surface area contributed by atoms with Crippen LogP contribution in [0.25, 0.3) is 0 Å². The molecule has 2 aromatic heterocycles. The first-order chi connectivity index (χ1) is 10.6. The van der Waals surface area contributed by atoms with Crippen molar-refractivity contribution in [2.45, 2.75) is 25.3 Å². The zero-order valence-electron chi connectivity index (χ0n) is 12.0. The van der Waals surface area contributed by atoms with Crippen LogP contribution >= 0.6 is 15.9 Å². The lowest BCUT2D eigenvalue weighted by Crippen LogP contribution is -2.28. The van der Waals surface area contributed by atoms with Crippen LogP contribution in [0.1, 0.15) is 47.2 Å². The molecule has 1 aliphatic rings. The topological polar surface area (TPSA) is 92.8 Å². The summed E-state index contributed by atoms with van der Waals surface area (Å²) in [7, 11) is 0. The average Bonchev–Trinajstić information content (AvgIpc) is 3.18. The molecule has 2 atom stereocenters. The van der Waals surface area contributed by atoms with Gasteiger partial charge in [0, 0.05) is 24.9 Å². The van der Waals surface area contributed by atoms with E-state index in [9.17, 15) is 4.79 Å². The smallest absolute Gasteiger partial charge is 0.255 e. The van der Waals surface area contributed by atoms with Gasteiger partial charge in [0.25, 0.3) is 5.91 Å². The van der Waals surface area contributed by atoms with Crippen LogP contribution in [-0.2, 0) is 4.74 Å². The fourth-order valence-corrected chi connectivity index (χ4v) is 2.64. The van der Waals surface area contributed by atoms with Gasteiger partial charge in [0.05, 0.1) is 34.6 Å². The van der Waals surface area contributed by atoms with E-state index in [2.05, 4.69) is 41.4 Å². The highest BCUT2D eigenvalue weighted by molar-refractivity contribution is 9.10. The number of ether oxygens (including phenoxy) is 1. The zero-order valence-corrected chi connectivity index (χ0v) is 13.6. The Morgan fingerprint density at radius 2 is 2.23 bits per heavy atom. The molecule has 8 heteroatoms. The molecule has 22 heavy (non-hydrogen) atoms. The second-order valence-corrected chi connectivity index (χ2v) is 6.13. The lowest BCUT2D eigenvalue weighted by atomic mass is 10.0. The number of amides is 1. The van der Waals surface area contributed by atoms with Crippen LogP contribution in [0.2, 0.25) is 0 Å². The molecule has 0 aliphatic carbocycles. The summed E-state index contributed by atoms with van der Waals surface area (Å²) in [6.07, 6.45) is 5.76. The molecule has 2 aromatic rings. The molecule has 0 bridgehead atoms. The lowest BCUT2D eigenvalue weighted by molar-refractivity contribution is 0.0936. The molecule has 2 unspecified atom stereocenters. The molecule has 116 valence electrons. The number of nitrogens with zero attached hydrogens (tertiary/aromatic N) is 3. The van der Waals surface area contributed by atoms with Gasteiger partial charge in [0.2, 0.25) is 0 Å². The second kappa shape index (κ2) is 6.53. The van der Waals surface area contributed by atoms with Gasteiger partial charge in [-0.2, -0.15) is 5.10 Å². The Balaban J connectivity index is 1.72. The average molecular weight is 366 g/mol. The zero-order chi connectivity index (χ0) is 15.5. The summed E-state index contributed by atoms with van der Waals surface area (Å²) in [4.78, 5) is 20.8. The van der Waals surface area contributed by atoms with Crippen LogP contribution < -0.4 is 5.32 Å². The molecule has 1 saturated heterocycles. The molecule has 0 spiro atoms. The van der Waals surface area contributed by atoms with Gasteiger partial charge in [-0.3, -0.25) is 9.89 Å². The summed E-state index contributed by atoms with van der Waals surface area (Å²) in [6.45, 7) is 3.18. The van der Waals surface area contributed by atoms with E-state index in [1.807, 2.05) is 6.92 Å². The van der Waals surface area contributed by atoms with Crippen LogP contribution in [0.15, 0.2) is 23.1 Å². The van der Waals surface area contributed by atoms with Gasteiger partial charge in [-0.15, -0.1) is 0 Å². The van der Waals surface area contributed by atoms with Crippen LogP contribution in [0.4, 0.5) is 0 Å². The SMILES string of the molecule is CC(NC(=O)c1cn[nH]c1C1CCOC1)c1ncc(Br)cn1. The van der Waals surface area contributed by atoms with Crippen molar-refractivity contribution >= 4 is 21.8 Å². The lowest BCUT2D eigenvalue weighted by Gasteiger charge is -2.13. The number of nitrogens with one attached hydrogen (secondary N) is 2. The number of H-pyrrole nitrogens is 1. The van der Waals surface area contributed by atoms with Crippen LogP contribution in [0.3, 0.4) is 0 Å². The Hall–Kier alpha value is -1.80. The summed E-state index contributed by atoms with van der Waals surface area (Å²) >= 11 is 3.29. The predicted octanol–water partition coefficient (Wildman–Crippen LogP) is 1.96. The third-order valence-electron chi connectivity index (χ3n) is 3.63. The maximum atomic E-state index is 12.5. The van der Waals surface area contributed by atoms with Crippen molar-refractivity contribution in [2.75, 3.05) is 13.2 Å². The first-order valence-corrected chi connectivity index (χ1v) is 7.83. The highest BCUT2D eigenvalue weighted by atomic mass is 79.9. The summed E-state index contributed by atoms with van der Waals surface area (Å²) in [5, 5.41) is 9.82. The largest absolute Gasteiger partial charge is 0.381 e. The molecule has 1 aliphatic heterocycles. The number of hydrogen-bond donors (Lipinski definition) is 2. The quantitative estimate of drug-likeness (QED) is 0.863. The van der Waals surface area contributed by atoms with Crippen molar-refractivity contribution in [1.82, 2.24) is 25.5 Å². The van der Waals surface area contributed by atoms with E-state index in [1.54, 1.807) is 18.6 Å². The molecule has 7 nitrogen and oxygen atoms in total. The molecular weight excluding hydrogens is 350 g/mol. The van der Waals surface area contributed by atoms with Gasteiger partial charge in [0.1, 0.15) is 5.82 Å². The van der Waals surface area contributed by atoms with Crippen molar-refractivity contribution in [1.29, 1.82) is 0 Å². The molecule has 1 amide bonds. The molecule has 0 radical (unpaired) electrons. The van der Waals surface area contributed by atoms with Crippen LogP contribution in [0.5, 0.6) is 0 Å². The number of aromatic nitrogens is 4. The molecule has 0 aromatic carbocycles. The van der Waals surface area contributed by atoms with Crippen molar-refractivity contribution in [3.05, 3.63) is 40.1 Å². The number of carbonyl (C=O) groups is 1. The maximum Gasteiger partial charge on any atom is 0.255 e. The molecule has 3 heterocycles. The monoisotopic (exact) mass is 365 g/mol. The Kier molecular flexibility index (Phi) is 4.49. The van der Waals surface area contributed by atoms with Gasteiger partial charge >= 0.3 is 0 Å². The maximum absolute atomic E-state index is 12.5. The van der Waals surface area contributed by atoms with Crippen LogP contribution in [-0.4, -0.2) is 39.3 Å². The number of halogens is 1. The summed E-state index contributed by atoms with van der Waals surface area (Å²) < 4.78 is 6.17. The van der Waals surface area contributed by atoms with Gasteiger partial charge in [-0.25, -0.2) is 9.97 Å². The summed E-state index contributed by atoms with van der Waals surface area (Å²) in [5.41, 5.74) is 1.39. The van der Waals surface area contributed by atoms with E-state index in [1.165, 1.54) is 0 Å². The van der Waals surface area contributed by atoms with Gasteiger partial charge in [-0.05, 0) is 29.3 Å². The van der Waals surface area contributed by atoms with Gasteiger partial charge < -0.3 is 10.1 Å². The Bertz CT molecular complexity index is 652. The first-order valence-electron chi connectivity index (χ1n) is 7.04. The highest BCUT2D eigenvalue weighted by Gasteiger charge is 2.26. The molecule has 0 saturated carbocycles. The number of carbonyl (C=O) groups excluding carboxylic acids is 1. The standard InChI is InChI=1S/C14H16BrN5O2/c1-8(13-16-4-10(15)5-17-13)19-14(21)11-6-18-20-12(11)9-2-3-22-7-9/h4-6,8-9H,2-3,7H2,1H3,(H,18,20)(H,19,21). The Morgan fingerprint density at radius 1 is 1.45 bits per heavy atom. The van der Waals surface area contributed by atoms with Crippen molar-refractivity contribution in [3.63, 3.8) is 0 Å². The number of hydrogen-bond acceptors (Lipinski definition) is 5. The normalized spacial score (nSPS) is 19.1. The van der Waals surface area contributed by atoms with Crippen LogP contribution in [0, 0.1) is 0 Å². The van der Waals surface area contributed by atoms with Crippen molar-refractivity contribution in [2.24, 2.45) is 0 Å². The van der Waals surface area contributed by atoms with E-state index in [4.69, 9.17) is 4.74 Å². The van der Waals surface area contributed by atoms with E-state index in [0.29, 0.717) is 24.6 Å². The third kappa shape index (κ3) is 3.17. The Morgan fingerprint density at radius 3 is 2.91 bits per heavy atom. The van der Waals surface area contributed by atoms with Gasteiger partial charge in [0.15, 0.2) is 0 Å². The third-order valence-corrected chi connectivity index (χ3v) is 4.04. The highest BCUT2D eigenvalue weighted by Crippen LogP contribution is 2.26. The molecule has 3 rings (SSSR count). The molecule has 2 N–H and O–H groups in total. The fraction of sp³-hybridized carbons (Fsp3) is 0.429. The minimum atomic E-state index is -0.289. The van der Waals surface area contributed by atoms with E-state index >= 15 is 0 Å². The Labute approximate surface area is 136 Å². The first kappa shape index (κ1) is 15.1. The van der Waals surface area contributed by atoms with E-state index in [0.717, 1.165) is 16.6 Å².